The number of para-hydroxylation sites is 2. The smallest absolute Gasteiger partial charge is 0.412 e. The van der Waals surface area contributed by atoms with Gasteiger partial charge in [0.25, 0.3) is 5.91 Å². The van der Waals surface area contributed by atoms with Gasteiger partial charge in [0.05, 0.1) is 11.3 Å². The highest BCUT2D eigenvalue weighted by Gasteiger charge is 2.32. The van der Waals surface area contributed by atoms with E-state index in [-0.39, 0.29) is 18.0 Å². The molecule has 0 bridgehead atoms. The van der Waals surface area contributed by atoms with Gasteiger partial charge in [0.15, 0.2) is 0 Å². The van der Waals surface area contributed by atoms with Gasteiger partial charge in [0.1, 0.15) is 0 Å². The highest BCUT2D eigenvalue weighted by atomic mass is 16.4. The summed E-state index contributed by atoms with van der Waals surface area (Å²) in [7, 11) is 0. The minimum atomic E-state index is -1.07. The number of carbonyl (C=O) groups is 3. The lowest BCUT2D eigenvalue weighted by atomic mass is 10.0. The molecule has 6 rings (SSSR count). The predicted molar refractivity (Wildman–Crippen MR) is 186 cm³/mol. The topological polar surface area (TPSA) is 117 Å². The van der Waals surface area contributed by atoms with Crippen LogP contribution in [0, 0.1) is 0 Å². The third-order valence-electron chi connectivity index (χ3n) is 9.03. The van der Waals surface area contributed by atoms with Crippen LogP contribution in [0.2, 0.25) is 0 Å². The highest BCUT2D eigenvalue weighted by Crippen LogP contribution is 2.29. The summed E-state index contributed by atoms with van der Waals surface area (Å²) < 4.78 is 0. The second-order valence-corrected chi connectivity index (χ2v) is 13.5. The third-order valence-corrected chi connectivity index (χ3v) is 9.03. The first kappa shape index (κ1) is 33.9. The maximum Gasteiger partial charge on any atom is 0.412 e. The van der Waals surface area contributed by atoms with Crippen LogP contribution in [0.3, 0.4) is 0 Å². The lowest BCUT2D eigenvalue weighted by molar-refractivity contribution is 0.0909. The molecule has 4 N–H and O–H groups in total. The SMILES string of the molecule is CC(C)(C)N(C(=O)O)c1ccccc1C(=O)NC1CCN(Cc2ccccc2)CC1.O=C1Nc2ccccc2CN1C1CCNCC1. The highest BCUT2D eigenvalue weighted by molar-refractivity contribution is 6.03. The number of likely N-dealkylation sites (tertiary alicyclic amines) is 1. The molecule has 0 aliphatic carbocycles. The first-order chi connectivity index (χ1) is 22.6. The Morgan fingerprint density at radius 1 is 0.894 bits per heavy atom. The fourth-order valence-electron chi connectivity index (χ4n) is 6.59. The van der Waals surface area contributed by atoms with Gasteiger partial charge in [-0.15, -0.1) is 0 Å². The summed E-state index contributed by atoms with van der Waals surface area (Å²) in [6.07, 6.45) is 2.79. The molecule has 3 aromatic rings. The molecule has 10 heteroatoms. The number of urea groups is 1. The summed E-state index contributed by atoms with van der Waals surface area (Å²) in [6.45, 7) is 11.0. The minimum Gasteiger partial charge on any atom is -0.465 e. The standard InChI is InChI=1S/C24H31N3O3.C13H17N3O/c1-24(2,3)27(23(29)30)21-12-8-7-11-20(21)22(28)25-19-13-15-26(16-14-19)17-18-9-5-4-6-10-18;17-13-15-12-4-2-1-3-10(12)9-16(13)11-5-7-14-8-6-11/h4-12,19H,13-17H2,1-3H3,(H,25,28)(H,29,30);1-4,11,14H,5-9H2,(H,15,17). The maximum atomic E-state index is 13.0. The molecule has 3 heterocycles. The number of hydrogen-bond donors (Lipinski definition) is 4. The van der Waals surface area contributed by atoms with E-state index < -0.39 is 11.6 Å². The fraction of sp³-hybridized carbons (Fsp3) is 0.432. The van der Waals surface area contributed by atoms with E-state index in [2.05, 4.69) is 51.2 Å². The lowest BCUT2D eigenvalue weighted by Gasteiger charge is -2.37. The number of carboxylic acid groups (broad SMARTS) is 1. The third kappa shape index (κ3) is 8.90. The van der Waals surface area contributed by atoms with Crippen molar-refractivity contribution in [2.24, 2.45) is 0 Å². The number of anilines is 2. The Labute approximate surface area is 278 Å². The molecule has 3 aliphatic rings. The molecular weight excluding hydrogens is 592 g/mol. The average Bonchev–Trinajstić information content (AvgIpc) is 3.06. The van der Waals surface area contributed by atoms with E-state index in [1.165, 1.54) is 16.0 Å². The Morgan fingerprint density at radius 2 is 1.53 bits per heavy atom. The number of fused-ring (bicyclic) bond motifs is 1. The van der Waals surface area contributed by atoms with Crippen LogP contribution in [0.1, 0.15) is 67.9 Å². The molecule has 250 valence electrons. The Kier molecular flexibility index (Phi) is 11.2. The van der Waals surface area contributed by atoms with Gasteiger partial charge in [-0.05, 0) is 88.9 Å². The quantitative estimate of drug-likeness (QED) is 0.257. The molecule has 0 unspecified atom stereocenters. The normalized spacial score (nSPS) is 17.5. The van der Waals surface area contributed by atoms with Gasteiger partial charge in [-0.2, -0.15) is 0 Å². The zero-order valence-electron chi connectivity index (χ0n) is 27.7. The van der Waals surface area contributed by atoms with E-state index in [9.17, 15) is 19.5 Å². The van der Waals surface area contributed by atoms with Crippen LogP contribution in [-0.4, -0.2) is 76.7 Å². The van der Waals surface area contributed by atoms with Gasteiger partial charge < -0.3 is 26.0 Å². The van der Waals surface area contributed by atoms with Crippen LogP contribution >= 0.6 is 0 Å². The van der Waals surface area contributed by atoms with E-state index in [1.54, 1.807) is 24.3 Å². The number of piperidine rings is 2. The average molecular weight is 641 g/mol. The predicted octanol–water partition coefficient (Wildman–Crippen LogP) is 6.15. The summed E-state index contributed by atoms with van der Waals surface area (Å²) in [5, 5.41) is 19.2. The fourth-order valence-corrected chi connectivity index (χ4v) is 6.59. The van der Waals surface area contributed by atoms with Gasteiger partial charge in [0.2, 0.25) is 0 Å². The van der Waals surface area contributed by atoms with E-state index in [1.807, 2.05) is 49.9 Å². The largest absolute Gasteiger partial charge is 0.465 e. The zero-order chi connectivity index (χ0) is 33.4. The Morgan fingerprint density at radius 3 is 2.21 bits per heavy atom. The molecule has 2 fully saturated rings. The number of rotatable bonds is 6. The molecule has 0 atom stereocenters. The molecule has 47 heavy (non-hydrogen) atoms. The van der Waals surface area contributed by atoms with Gasteiger partial charge in [0, 0.05) is 49.5 Å². The summed E-state index contributed by atoms with van der Waals surface area (Å²) >= 11 is 0. The second kappa shape index (κ2) is 15.5. The van der Waals surface area contributed by atoms with Gasteiger partial charge >= 0.3 is 12.1 Å². The second-order valence-electron chi connectivity index (χ2n) is 13.5. The molecule has 0 spiro atoms. The molecule has 0 aromatic heterocycles. The first-order valence-corrected chi connectivity index (χ1v) is 16.7. The van der Waals surface area contributed by atoms with Crippen molar-refractivity contribution in [3.05, 3.63) is 95.6 Å². The molecule has 0 radical (unpaired) electrons. The molecule has 10 nitrogen and oxygen atoms in total. The molecule has 0 saturated carbocycles. The zero-order valence-corrected chi connectivity index (χ0v) is 27.7. The van der Waals surface area contributed by atoms with E-state index in [4.69, 9.17) is 0 Å². The number of carbonyl (C=O) groups excluding carboxylic acids is 2. The molecule has 3 aliphatic heterocycles. The van der Waals surface area contributed by atoms with Crippen LogP contribution < -0.4 is 20.9 Å². The number of benzene rings is 3. The van der Waals surface area contributed by atoms with Crippen molar-refractivity contribution in [3.63, 3.8) is 0 Å². The van der Waals surface area contributed by atoms with E-state index >= 15 is 0 Å². The number of nitrogens with zero attached hydrogens (tertiary/aromatic N) is 3. The van der Waals surface area contributed by atoms with Crippen molar-refractivity contribution in [1.82, 2.24) is 20.4 Å². The van der Waals surface area contributed by atoms with Crippen LogP contribution in [0.15, 0.2) is 78.9 Å². The maximum absolute atomic E-state index is 13.0. The van der Waals surface area contributed by atoms with Crippen molar-refractivity contribution in [2.45, 2.75) is 77.2 Å². The number of amides is 4. The van der Waals surface area contributed by atoms with Crippen LogP contribution in [0.5, 0.6) is 0 Å². The van der Waals surface area contributed by atoms with Crippen molar-refractivity contribution in [1.29, 1.82) is 0 Å². The Bertz CT molecular complexity index is 1510. The van der Waals surface area contributed by atoms with Crippen LogP contribution in [-0.2, 0) is 13.1 Å². The van der Waals surface area contributed by atoms with Gasteiger partial charge in [-0.25, -0.2) is 9.59 Å². The van der Waals surface area contributed by atoms with Crippen molar-refractivity contribution in [3.8, 4) is 0 Å². The first-order valence-electron chi connectivity index (χ1n) is 16.7. The van der Waals surface area contributed by atoms with Gasteiger partial charge in [-0.1, -0.05) is 60.7 Å². The van der Waals surface area contributed by atoms with Gasteiger partial charge in [-0.3, -0.25) is 14.6 Å². The van der Waals surface area contributed by atoms with Crippen molar-refractivity contribution >= 4 is 29.4 Å². The van der Waals surface area contributed by atoms with Crippen LogP contribution in [0.4, 0.5) is 21.0 Å². The molecule has 3 aromatic carbocycles. The summed E-state index contributed by atoms with van der Waals surface area (Å²) in [6, 6.07) is 25.9. The molecule has 2 saturated heterocycles. The molecule has 4 amide bonds. The number of hydrogen-bond acceptors (Lipinski definition) is 5. The van der Waals surface area contributed by atoms with Crippen LogP contribution in [0.25, 0.3) is 0 Å². The van der Waals surface area contributed by atoms with E-state index in [0.717, 1.165) is 70.6 Å². The minimum absolute atomic E-state index is 0.0515. The lowest BCUT2D eigenvalue weighted by Crippen LogP contribution is -2.49. The van der Waals surface area contributed by atoms with Crippen molar-refractivity contribution < 1.29 is 19.5 Å². The Hall–Kier alpha value is -4.41. The summed E-state index contributed by atoms with van der Waals surface area (Å²) in [4.78, 5) is 42.6. The molecular formula is C37H48N6O4. The summed E-state index contributed by atoms with van der Waals surface area (Å²) in [5.74, 6) is -0.220. The summed E-state index contributed by atoms with van der Waals surface area (Å²) in [5.41, 5.74) is 3.61. The monoisotopic (exact) mass is 640 g/mol. The number of nitrogens with one attached hydrogen (secondary N) is 3. The van der Waals surface area contributed by atoms with E-state index in [0.29, 0.717) is 17.3 Å². The Balaban J connectivity index is 0.000000214. The van der Waals surface area contributed by atoms with Crippen molar-refractivity contribution in [2.75, 3.05) is 36.4 Å².